The van der Waals surface area contributed by atoms with Crippen LogP contribution >= 0.6 is 11.6 Å². The quantitative estimate of drug-likeness (QED) is 0.822. The fraction of sp³-hybridized carbons (Fsp3) is 0.619. The molecule has 3 saturated heterocycles. The average molecular weight is 405 g/mol. The second kappa shape index (κ2) is 7.91. The summed E-state index contributed by atoms with van der Waals surface area (Å²) in [6, 6.07) is 7.19. The van der Waals surface area contributed by atoms with Crippen LogP contribution in [-0.4, -0.2) is 72.5 Å². The Morgan fingerprint density at radius 2 is 1.75 bits per heavy atom. The molecule has 0 radical (unpaired) electrons. The van der Waals surface area contributed by atoms with E-state index in [1.807, 2.05) is 28.0 Å². The molecule has 3 aliphatic heterocycles. The van der Waals surface area contributed by atoms with Crippen molar-refractivity contribution in [3.8, 4) is 0 Å². The molecule has 1 aromatic carbocycles. The minimum Gasteiger partial charge on any atom is -0.341 e. The van der Waals surface area contributed by atoms with Crippen LogP contribution < -0.4 is 5.32 Å². The molecule has 0 aromatic heterocycles. The summed E-state index contributed by atoms with van der Waals surface area (Å²) < 4.78 is 0. The van der Waals surface area contributed by atoms with Crippen LogP contribution in [0.3, 0.4) is 0 Å². The molecule has 4 rings (SSSR count). The van der Waals surface area contributed by atoms with E-state index in [2.05, 4.69) is 17.3 Å². The molecule has 3 aliphatic rings. The summed E-state index contributed by atoms with van der Waals surface area (Å²) in [6.07, 6.45) is 5.05. The highest BCUT2D eigenvalue weighted by Crippen LogP contribution is 2.43. The molecular weight excluding hydrogens is 376 g/mol. The van der Waals surface area contributed by atoms with Crippen molar-refractivity contribution in [3.05, 3.63) is 29.3 Å². The van der Waals surface area contributed by atoms with Crippen LogP contribution in [0, 0.1) is 5.41 Å². The first-order valence-electron chi connectivity index (χ1n) is 10.3. The van der Waals surface area contributed by atoms with Crippen molar-refractivity contribution < 1.29 is 9.59 Å². The second-order valence-electron chi connectivity index (χ2n) is 8.56. The molecule has 3 amide bonds. The molecule has 1 aromatic rings. The molecule has 1 N–H and O–H groups in total. The molecule has 1 unspecified atom stereocenters. The van der Waals surface area contributed by atoms with E-state index in [4.69, 9.17) is 11.6 Å². The fourth-order valence-electron chi connectivity index (χ4n) is 5.00. The number of nitrogens with zero attached hydrogens (tertiary/aromatic N) is 3. The van der Waals surface area contributed by atoms with Crippen LogP contribution in [0.25, 0.3) is 0 Å². The Morgan fingerprint density at radius 1 is 1.07 bits per heavy atom. The highest BCUT2D eigenvalue weighted by Gasteiger charge is 2.48. The molecule has 28 heavy (non-hydrogen) atoms. The zero-order valence-corrected chi connectivity index (χ0v) is 17.2. The van der Waals surface area contributed by atoms with Gasteiger partial charge < -0.3 is 15.1 Å². The van der Waals surface area contributed by atoms with Gasteiger partial charge in [0.1, 0.15) is 0 Å². The number of para-hydroxylation sites is 1. The van der Waals surface area contributed by atoms with E-state index < -0.39 is 0 Å². The number of hydrogen-bond donors (Lipinski definition) is 1. The van der Waals surface area contributed by atoms with Crippen LogP contribution in [-0.2, 0) is 4.79 Å². The number of likely N-dealkylation sites (N-methyl/N-ethyl adjacent to an activating group) is 1. The highest BCUT2D eigenvalue weighted by atomic mass is 35.5. The monoisotopic (exact) mass is 404 g/mol. The largest absolute Gasteiger partial charge is 0.341 e. The summed E-state index contributed by atoms with van der Waals surface area (Å²) >= 11 is 6.15. The van der Waals surface area contributed by atoms with E-state index in [0.29, 0.717) is 16.6 Å². The van der Waals surface area contributed by atoms with Crippen molar-refractivity contribution in [2.75, 3.05) is 45.1 Å². The predicted octanol–water partition coefficient (Wildman–Crippen LogP) is 3.28. The number of carbonyl (C=O) groups is 2. The van der Waals surface area contributed by atoms with Gasteiger partial charge in [0, 0.05) is 32.7 Å². The number of nitrogens with one attached hydrogen (secondary N) is 1. The standard InChI is InChI=1S/C21H29ClN4O2/c1-24-15-21(14-18(24)19(27)25-10-4-5-11-25)8-12-26(13-9-21)20(28)23-17-7-3-2-6-16(17)22/h2-3,6-7,18H,4-5,8-15H2,1H3,(H,23,28). The number of anilines is 1. The topological polar surface area (TPSA) is 55.9 Å². The third kappa shape index (κ3) is 3.85. The zero-order chi connectivity index (χ0) is 19.7. The van der Waals surface area contributed by atoms with Gasteiger partial charge in [0.2, 0.25) is 5.91 Å². The van der Waals surface area contributed by atoms with Gasteiger partial charge in [-0.05, 0) is 56.7 Å². The Morgan fingerprint density at radius 3 is 2.43 bits per heavy atom. The van der Waals surface area contributed by atoms with Crippen molar-refractivity contribution in [1.82, 2.24) is 14.7 Å². The van der Waals surface area contributed by atoms with E-state index in [1.165, 1.54) is 0 Å². The lowest BCUT2D eigenvalue weighted by molar-refractivity contribution is -0.134. The van der Waals surface area contributed by atoms with Gasteiger partial charge in [-0.3, -0.25) is 9.69 Å². The molecule has 6 nitrogen and oxygen atoms in total. The van der Waals surface area contributed by atoms with E-state index in [1.54, 1.807) is 6.07 Å². The third-order valence-electron chi connectivity index (χ3n) is 6.67. The van der Waals surface area contributed by atoms with Gasteiger partial charge in [-0.15, -0.1) is 0 Å². The summed E-state index contributed by atoms with van der Waals surface area (Å²) in [4.78, 5) is 31.6. The SMILES string of the molecule is CN1CC2(CCN(C(=O)Nc3ccccc3Cl)CC2)CC1C(=O)N1CCCC1. The summed E-state index contributed by atoms with van der Waals surface area (Å²) in [5.74, 6) is 0.302. The van der Waals surface area contributed by atoms with Gasteiger partial charge in [-0.1, -0.05) is 23.7 Å². The van der Waals surface area contributed by atoms with E-state index in [-0.39, 0.29) is 17.5 Å². The number of amides is 3. The summed E-state index contributed by atoms with van der Waals surface area (Å²) in [7, 11) is 2.07. The maximum atomic E-state index is 12.9. The lowest BCUT2D eigenvalue weighted by Gasteiger charge is -2.39. The van der Waals surface area contributed by atoms with Gasteiger partial charge in [0.15, 0.2) is 0 Å². The predicted molar refractivity (Wildman–Crippen MR) is 111 cm³/mol. The van der Waals surface area contributed by atoms with Crippen molar-refractivity contribution in [2.24, 2.45) is 5.41 Å². The molecule has 0 saturated carbocycles. The Hall–Kier alpha value is -1.79. The summed E-state index contributed by atoms with van der Waals surface area (Å²) in [5.41, 5.74) is 0.794. The first kappa shape index (κ1) is 19.5. The lowest BCUT2D eigenvalue weighted by atomic mass is 9.76. The lowest BCUT2D eigenvalue weighted by Crippen LogP contribution is -2.45. The summed E-state index contributed by atoms with van der Waals surface area (Å²) in [5, 5.41) is 3.46. The molecule has 3 heterocycles. The van der Waals surface area contributed by atoms with Gasteiger partial charge >= 0.3 is 6.03 Å². The first-order valence-corrected chi connectivity index (χ1v) is 10.6. The maximum Gasteiger partial charge on any atom is 0.321 e. The molecule has 0 bridgehead atoms. The second-order valence-corrected chi connectivity index (χ2v) is 8.97. The highest BCUT2D eigenvalue weighted by molar-refractivity contribution is 6.33. The van der Waals surface area contributed by atoms with Crippen molar-refractivity contribution in [3.63, 3.8) is 0 Å². The third-order valence-corrected chi connectivity index (χ3v) is 7.00. The fourth-order valence-corrected chi connectivity index (χ4v) is 5.18. The normalized spacial score (nSPS) is 24.7. The van der Waals surface area contributed by atoms with Gasteiger partial charge in [-0.25, -0.2) is 4.79 Å². The number of urea groups is 1. The number of likely N-dealkylation sites (tertiary alicyclic amines) is 3. The maximum absolute atomic E-state index is 12.9. The number of piperidine rings is 1. The average Bonchev–Trinajstić information content (AvgIpc) is 3.32. The van der Waals surface area contributed by atoms with Crippen LogP contribution in [0.5, 0.6) is 0 Å². The van der Waals surface area contributed by atoms with Crippen LogP contribution in [0.15, 0.2) is 24.3 Å². The Labute approximate surface area is 171 Å². The van der Waals surface area contributed by atoms with Crippen molar-refractivity contribution in [2.45, 2.75) is 38.1 Å². The van der Waals surface area contributed by atoms with E-state index in [9.17, 15) is 9.59 Å². The first-order chi connectivity index (χ1) is 13.5. The van der Waals surface area contributed by atoms with Crippen molar-refractivity contribution >= 4 is 29.2 Å². The van der Waals surface area contributed by atoms with Crippen LogP contribution in [0.1, 0.15) is 32.1 Å². The molecule has 1 atom stereocenters. The molecule has 152 valence electrons. The van der Waals surface area contributed by atoms with Crippen molar-refractivity contribution in [1.29, 1.82) is 0 Å². The van der Waals surface area contributed by atoms with Gasteiger partial charge in [0.25, 0.3) is 0 Å². The van der Waals surface area contributed by atoms with E-state index in [0.717, 1.165) is 64.8 Å². The van der Waals surface area contributed by atoms with Crippen LogP contribution in [0.2, 0.25) is 5.02 Å². The number of rotatable bonds is 2. The number of benzene rings is 1. The molecule has 1 spiro atoms. The molecule has 7 heteroatoms. The minimum absolute atomic E-state index is 0.00148. The smallest absolute Gasteiger partial charge is 0.321 e. The zero-order valence-electron chi connectivity index (χ0n) is 16.5. The molecular formula is C21H29ClN4O2. The Balaban J connectivity index is 1.34. The van der Waals surface area contributed by atoms with Gasteiger partial charge in [0.05, 0.1) is 16.8 Å². The summed E-state index contributed by atoms with van der Waals surface area (Å²) in [6.45, 7) is 4.19. The molecule has 0 aliphatic carbocycles. The molecule has 3 fully saturated rings. The Bertz CT molecular complexity index is 742. The number of carbonyl (C=O) groups excluding carboxylic acids is 2. The van der Waals surface area contributed by atoms with Gasteiger partial charge in [-0.2, -0.15) is 0 Å². The van der Waals surface area contributed by atoms with Crippen LogP contribution in [0.4, 0.5) is 10.5 Å². The Kier molecular flexibility index (Phi) is 5.52. The number of halogens is 1. The minimum atomic E-state index is -0.0982. The van der Waals surface area contributed by atoms with E-state index >= 15 is 0 Å². The number of hydrogen-bond acceptors (Lipinski definition) is 3.